The highest BCUT2D eigenvalue weighted by atomic mass is 35.5. The number of nitrogens with zero attached hydrogens (tertiary/aromatic N) is 1. The molecule has 1 rings (SSSR count). The molecule has 3 N–H and O–H groups in total. The molecule has 0 bridgehead atoms. The van der Waals surface area contributed by atoms with E-state index in [4.69, 9.17) is 33.7 Å². The lowest BCUT2D eigenvalue weighted by Gasteiger charge is -2.21. The molecule has 0 aromatic carbocycles. The number of carbonyl (C=O) groups excluding carboxylic acids is 1. The van der Waals surface area contributed by atoms with Gasteiger partial charge in [-0.3, -0.25) is 0 Å². The van der Waals surface area contributed by atoms with Crippen LogP contribution in [0.15, 0.2) is 12.3 Å². The fraction of sp³-hybridized carbons (Fsp3) is 0.538. The topological polar surface area (TPSA) is 77.2 Å². The standard InChI is InChI=1S/C13H19Cl2N3O2/c1-13(2,3)20-12(19)18-7-9(5-16)8-4-10(14)11(15)17-6-8/h4,6,9H,5,7,16H2,1-3H3,(H,18,19). The lowest BCUT2D eigenvalue weighted by Crippen LogP contribution is -2.36. The van der Waals surface area contributed by atoms with Gasteiger partial charge >= 0.3 is 6.09 Å². The van der Waals surface area contributed by atoms with Crippen molar-refractivity contribution in [2.24, 2.45) is 5.73 Å². The third-order valence-electron chi connectivity index (χ3n) is 2.47. The predicted octanol–water partition coefficient (Wildman–Crippen LogP) is 2.96. The summed E-state index contributed by atoms with van der Waals surface area (Å²) in [5, 5.41) is 3.28. The SMILES string of the molecule is CC(C)(C)OC(=O)NCC(CN)c1cnc(Cl)c(Cl)c1. The van der Waals surface area contributed by atoms with Crippen molar-refractivity contribution in [2.45, 2.75) is 32.3 Å². The van der Waals surface area contributed by atoms with E-state index in [9.17, 15) is 4.79 Å². The number of hydrogen-bond acceptors (Lipinski definition) is 4. The first kappa shape index (κ1) is 17.0. The molecule has 1 aromatic heterocycles. The monoisotopic (exact) mass is 319 g/mol. The van der Waals surface area contributed by atoms with Crippen LogP contribution >= 0.6 is 23.2 Å². The van der Waals surface area contributed by atoms with Gasteiger partial charge in [-0.15, -0.1) is 0 Å². The average Bonchev–Trinajstić information content (AvgIpc) is 2.32. The first-order valence-corrected chi connectivity index (χ1v) is 6.96. The van der Waals surface area contributed by atoms with Crippen molar-refractivity contribution in [3.8, 4) is 0 Å². The number of hydrogen-bond donors (Lipinski definition) is 2. The molecule has 0 fully saturated rings. The van der Waals surface area contributed by atoms with Crippen molar-refractivity contribution in [1.29, 1.82) is 0 Å². The molecule has 112 valence electrons. The Balaban J connectivity index is 2.63. The highest BCUT2D eigenvalue weighted by Crippen LogP contribution is 2.23. The molecule has 1 unspecified atom stereocenters. The maximum atomic E-state index is 11.6. The van der Waals surface area contributed by atoms with Crippen molar-refractivity contribution in [3.63, 3.8) is 0 Å². The Hall–Kier alpha value is -1.04. The summed E-state index contributed by atoms with van der Waals surface area (Å²) in [6.45, 7) is 6.09. The fourth-order valence-electron chi connectivity index (χ4n) is 1.52. The largest absolute Gasteiger partial charge is 0.444 e. The van der Waals surface area contributed by atoms with Gasteiger partial charge in [-0.1, -0.05) is 23.2 Å². The highest BCUT2D eigenvalue weighted by Gasteiger charge is 2.18. The molecule has 20 heavy (non-hydrogen) atoms. The molecule has 1 amide bonds. The van der Waals surface area contributed by atoms with Gasteiger partial charge in [-0.05, 0) is 32.4 Å². The number of carbonyl (C=O) groups is 1. The van der Waals surface area contributed by atoms with E-state index in [1.165, 1.54) is 0 Å². The Bertz CT molecular complexity index is 475. The van der Waals surface area contributed by atoms with Crippen LogP contribution in [0.5, 0.6) is 0 Å². The molecule has 7 heteroatoms. The second-order valence-electron chi connectivity index (χ2n) is 5.36. The van der Waals surface area contributed by atoms with Gasteiger partial charge in [0.2, 0.25) is 0 Å². The van der Waals surface area contributed by atoms with Crippen LogP contribution < -0.4 is 11.1 Å². The summed E-state index contributed by atoms with van der Waals surface area (Å²) in [5.41, 5.74) is 5.99. The first-order chi connectivity index (χ1) is 9.23. The Morgan fingerprint density at radius 1 is 1.50 bits per heavy atom. The highest BCUT2D eigenvalue weighted by molar-refractivity contribution is 6.41. The third-order valence-corrected chi connectivity index (χ3v) is 3.15. The quantitative estimate of drug-likeness (QED) is 0.836. The molecule has 0 aliphatic carbocycles. The smallest absolute Gasteiger partial charge is 0.407 e. The molecule has 0 aliphatic rings. The van der Waals surface area contributed by atoms with Crippen LogP contribution in [0.4, 0.5) is 4.79 Å². The maximum Gasteiger partial charge on any atom is 0.407 e. The van der Waals surface area contributed by atoms with Crippen LogP contribution in [-0.2, 0) is 4.74 Å². The predicted molar refractivity (Wildman–Crippen MR) is 80.3 cm³/mol. The Kier molecular flexibility index (Phi) is 6.05. The lowest BCUT2D eigenvalue weighted by molar-refractivity contribution is 0.0525. The minimum Gasteiger partial charge on any atom is -0.444 e. The van der Waals surface area contributed by atoms with Gasteiger partial charge in [0.25, 0.3) is 0 Å². The minimum absolute atomic E-state index is 0.107. The van der Waals surface area contributed by atoms with Crippen LogP contribution in [0.2, 0.25) is 10.2 Å². The van der Waals surface area contributed by atoms with Crippen LogP contribution in [-0.4, -0.2) is 29.8 Å². The number of halogens is 2. The van der Waals surface area contributed by atoms with Gasteiger partial charge in [0.15, 0.2) is 0 Å². The number of nitrogens with two attached hydrogens (primary N) is 1. The fourth-order valence-corrected chi connectivity index (χ4v) is 1.80. The molecule has 0 spiro atoms. The number of amides is 1. The Morgan fingerprint density at radius 3 is 2.65 bits per heavy atom. The molecule has 1 aromatic rings. The van der Waals surface area contributed by atoms with Crippen molar-refractivity contribution in [1.82, 2.24) is 10.3 Å². The molecule has 0 radical (unpaired) electrons. The van der Waals surface area contributed by atoms with Crippen LogP contribution in [0.1, 0.15) is 32.3 Å². The summed E-state index contributed by atoms with van der Waals surface area (Å²) in [6, 6.07) is 1.70. The Labute approximate surface area is 128 Å². The lowest BCUT2D eigenvalue weighted by atomic mass is 10.0. The van der Waals surface area contributed by atoms with E-state index in [1.54, 1.807) is 33.0 Å². The molecule has 1 atom stereocenters. The molecule has 1 heterocycles. The maximum absolute atomic E-state index is 11.6. The van der Waals surface area contributed by atoms with E-state index in [-0.39, 0.29) is 11.1 Å². The number of ether oxygens (including phenoxy) is 1. The van der Waals surface area contributed by atoms with Crippen LogP contribution in [0, 0.1) is 0 Å². The summed E-state index contributed by atoms with van der Waals surface area (Å²) < 4.78 is 5.16. The molecule has 0 saturated heterocycles. The second kappa shape index (κ2) is 7.11. The van der Waals surface area contributed by atoms with Gasteiger partial charge in [0.1, 0.15) is 10.8 Å². The second-order valence-corrected chi connectivity index (χ2v) is 6.12. The number of pyridine rings is 1. The summed E-state index contributed by atoms with van der Waals surface area (Å²) in [7, 11) is 0. The van der Waals surface area contributed by atoms with Gasteiger partial charge in [0.05, 0.1) is 5.02 Å². The number of alkyl carbamates (subject to hydrolysis) is 1. The average molecular weight is 320 g/mol. The van der Waals surface area contributed by atoms with Crippen molar-refractivity contribution < 1.29 is 9.53 Å². The molecule has 5 nitrogen and oxygen atoms in total. The van der Waals surface area contributed by atoms with Crippen LogP contribution in [0.3, 0.4) is 0 Å². The molecule has 0 saturated carbocycles. The van der Waals surface area contributed by atoms with Gasteiger partial charge in [0, 0.05) is 25.2 Å². The number of aromatic nitrogens is 1. The van der Waals surface area contributed by atoms with Crippen molar-refractivity contribution in [2.75, 3.05) is 13.1 Å². The van der Waals surface area contributed by atoms with Gasteiger partial charge < -0.3 is 15.8 Å². The summed E-state index contributed by atoms with van der Waals surface area (Å²) in [4.78, 5) is 15.6. The molecular formula is C13H19Cl2N3O2. The van der Waals surface area contributed by atoms with E-state index in [2.05, 4.69) is 10.3 Å². The van der Waals surface area contributed by atoms with Gasteiger partial charge in [-0.25, -0.2) is 9.78 Å². The number of rotatable bonds is 4. The first-order valence-electron chi connectivity index (χ1n) is 6.21. The summed E-state index contributed by atoms with van der Waals surface area (Å²) >= 11 is 11.7. The van der Waals surface area contributed by atoms with Crippen molar-refractivity contribution >= 4 is 29.3 Å². The van der Waals surface area contributed by atoms with E-state index in [0.717, 1.165) is 5.56 Å². The zero-order valence-corrected chi connectivity index (χ0v) is 13.3. The summed E-state index contributed by atoms with van der Waals surface area (Å²) in [6.07, 6.45) is 1.12. The Morgan fingerprint density at radius 2 is 2.15 bits per heavy atom. The zero-order chi connectivity index (χ0) is 15.3. The number of nitrogens with one attached hydrogen (secondary N) is 1. The molecule has 0 aliphatic heterocycles. The van der Waals surface area contributed by atoms with Crippen LogP contribution in [0.25, 0.3) is 0 Å². The van der Waals surface area contributed by atoms with Gasteiger partial charge in [-0.2, -0.15) is 0 Å². The normalized spacial score (nSPS) is 12.9. The summed E-state index contributed by atoms with van der Waals surface area (Å²) in [5.74, 6) is -0.107. The third kappa shape index (κ3) is 5.53. The zero-order valence-electron chi connectivity index (χ0n) is 11.7. The molecular weight excluding hydrogens is 301 g/mol. The van der Waals surface area contributed by atoms with E-state index in [1.807, 2.05) is 0 Å². The van der Waals surface area contributed by atoms with E-state index < -0.39 is 11.7 Å². The van der Waals surface area contributed by atoms with E-state index in [0.29, 0.717) is 18.1 Å². The van der Waals surface area contributed by atoms with Crippen molar-refractivity contribution in [3.05, 3.63) is 28.0 Å². The van der Waals surface area contributed by atoms with E-state index >= 15 is 0 Å². The minimum atomic E-state index is -0.534.